The van der Waals surface area contributed by atoms with Crippen LogP contribution in [0.4, 0.5) is 5.82 Å². The summed E-state index contributed by atoms with van der Waals surface area (Å²) in [6, 6.07) is 0. The SMILES string of the molecule is CC(Cl)C(C)(C)Nc1cnccn1. The van der Waals surface area contributed by atoms with Crippen molar-refractivity contribution in [3.63, 3.8) is 0 Å². The lowest BCUT2D eigenvalue weighted by Crippen LogP contribution is -2.39. The van der Waals surface area contributed by atoms with Crippen LogP contribution in [0.1, 0.15) is 20.8 Å². The van der Waals surface area contributed by atoms with Gasteiger partial charge in [-0.1, -0.05) is 0 Å². The van der Waals surface area contributed by atoms with Gasteiger partial charge in [-0.25, -0.2) is 4.98 Å². The van der Waals surface area contributed by atoms with Gasteiger partial charge < -0.3 is 5.32 Å². The van der Waals surface area contributed by atoms with Gasteiger partial charge >= 0.3 is 0 Å². The van der Waals surface area contributed by atoms with Crippen molar-refractivity contribution in [2.75, 3.05) is 5.32 Å². The quantitative estimate of drug-likeness (QED) is 0.760. The molecule has 1 aromatic rings. The first-order valence-electron chi connectivity index (χ1n) is 4.20. The van der Waals surface area contributed by atoms with Crippen LogP contribution in [0.3, 0.4) is 0 Å². The van der Waals surface area contributed by atoms with Crippen molar-refractivity contribution >= 4 is 17.4 Å². The monoisotopic (exact) mass is 199 g/mol. The molecule has 0 bridgehead atoms. The zero-order chi connectivity index (χ0) is 9.90. The fraction of sp³-hybridized carbons (Fsp3) is 0.556. The third-order valence-electron chi connectivity index (χ3n) is 2.01. The number of hydrogen-bond acceptors (Lipinski definition) is 3. The molecule has 0 fully saturated rings. The molecule has 0 saturated heterocycles. The molecule has 1 N–H and O–H groups in total. The van der Waals surface area contributed by atoms with Crippen LogP contribution in [0.2, 0.25) is 0 Å². The summed E-state index contributed by atoms with van der Waals surface area (Å²) in [5, 5.41) is 3.23. The van der Waals surface area contributed by atoms with Crippen LogP contribution in [0.5, 0.6) is 0 Å². The largest absolute Gasteiger partial charge is 0.362 e. The van der Waals surface area contributed by atoms with Gasteiger partial charge in [0, 0.05) is 17.9 Å². The number of nitrogens with one attached hydrogen (secondary N) is 1. The highest BCUT2D eigenvalue weighted by Crippen LogP contribution is 2.19. The molecule has 1 aromatic heterocycles. The van der Waals surface area contributed by atoms with Crippen molar-refractivity contribution in [2.45, 2.75) is 31.7 Å². The minimum atomic E-state index is -0.183. The first kappa shape index (κ1) is 10.3. The van der Waals surface area contributed by atoms with Crippen LogP contribution in [0.15, 0.2) is 18.6 Å². The van der Waals surface area contributed by atoms with Crippen LogP contribution in [0.25, 0.3) is 0 Å². The Morgan fingerprint density at radius 3 is 2.62 bits per heavy atom. The van der Waals surface area contributed by atoms with Gasteiger partial charge in [-0.2, -0.15) is 0 Å². The fourth-order valence-corrected chi connectivity index (χ4v) is 0.848. The predicted octanol–water partition coefficient (Wildman–Crippen LogP) is 2.29. The summed E-state index contributed by atoms with van der Waals surface area (Å²) < 4.78 is 0. The number of rotatable bonds is 3. The summed E-state index contributed by atoms with van der Waals surface area (Å²) >= 11 is 6.01. The molecule has 0 saturated carbocycles. The highest BCUT2D eigenvalue weighted by molar-refractivity contribution is 6.21. The second-order valence-corrected chi connectivity index (χ2v) is 4.21. The van der Waals surface area contributed by atoms with E-state index in [2.05, 4.69) is 15.3 Å². The molecule has 1 heterocycles. The van der Waals surface area contributed by atoms with Crippen molar-refractivity contribution in [3.05, 3.63) is 18.6 Å². The van der Waals surface area contributed by atoms with Crippen LogP contribution in [-0.4, -0.2) is 20.9 Å². The maximum Gasteiger partial charge on any atom is 0.144 e. The zero-order valence-corrected chi connectivity index (χ0v) is 8.84. The Kier molecular flexibility index (Phi) is 3.09. The Hall–Kier alpha value is -0.830. The molecule has 0 aliphatic heterocycles. The summed E-state index contributed by atoms with van der Waals surface area (Å²) in [5.41, 5.74) is -0.183. The molecule has 4 heteroatoms. The highest BCUT2D eigenvalue weighted by atomic mass is 35.5. The minimum absolute atomic E-state index is 0.0227. The van der Waals surface area contributed by atoms with Crippen LogP contribution in [0, 0.1) is 0 Å². The number of aromatic nitrogens is 2. The first-order chi connectivity index (χ1) is 6.02. The van der Waals surface area contributed by atoms with Crippen molar-refractivity contribution < 1.29 is 0 Å². The maximum atomic E-state index is 6.01. The molecule has 0 aliphatic carbocycles. The second-order valence-electron chi connectivity index (χ2n) is 3.55. The van der Waals surface area contributed by atoms with Gasteiger partial charge in [0.15, 0.2) is 0 Å². The summed E-state index contributed by atoms with van der Waals surface area (Å²) in [6.07, 6.45) is 4.97. The minimum Gasteiger partial charge on any atom is -0.362 e. The van der Waals surface area contributed by atoms with E-state index in [1.165, 1.54) is 0 Å². The molecule has 1 rings (SSSR count). The first-order valence-corrected chi connectivity index (χ1v) is 4.64. The van der Waals surface area contributed by atoms with Crippen LogP contribution >= 0.6 is 11.6 Å². The van der Waals surface area contributed by atoms with Gasteiger partial charge in [0.05, 0.1) is 11.6 Å². The van der Waals surface area contributed by atoms with Crippen molar-refractivity contribution in [1.29, 1.82) is 0 Å². The van der Waals surface area contributed by atoms with E-state index in [4.69, 9.17) is 11.6 Å². The number of anilines is 1. The van der Waals surface area contributed by atoms with E-state index in [1.54, 1.807) is 18.6 Å². The molecule has 1 atom stereocenters. The average Bonchev–Trinajstić information content (AvgIpc) is 2.05. The van der Waals surface area contributed by atoms with E-state index < -0.39 is 0 Å². The average molecular weight is 200 g/mol. The van der Waals surface area contributed by atoms with Gasteiger partial charge in [0.1, 0.15) is 5.82 Å². The van der Waals surface area contributed by atoms with E-state index in [0.29, 0.717) is 0 Å². The van der Waals surface area contributed by atoms with Crippen LogP contribution < -0.4 is 5.32 Å². The summed E-state index contributed by atoms with van der Waals surface area (Å²) in [6.45, 7) is 6.00. The molecule has 0 aliphatic rings. The molecule has 0 radical (unpaired) electrons. The lowest BCUT2D eigenvalue weighted by molar-refractivity contribution is 0.552. The fourth-order valence-electron chi connectivity index (χ4n) is 0.793. The summed E-state index contributed by atoms with van der Waals surface area (Å²) in [7, 11) is 0. The van der Waals surface area contributed by atoms with Crippen LogP contribution in [-0.2, 0) is 0 Å². The third-order valence-corrected chi connectivity index (χ3v) is 2.55. The molecular formula is C9H14ClN3. The van der Waals surface area contributed by atoms with Crippen molar-refractivity contribution in [3.8, 4) is 0 Å². The Morgan fingerprint density at radius 1 is 1.46 bits per heavy atom. The van der Waals surface area contributed by atoms with Crippen molar-refractivity contribution in [2.24, 2.45) is 0 Å². The number of alkyl halides is 1. The molecule has 0 amide bonds. The van der Waals surface area contributed by atoms with Crippen molar-refractivity contribution in [1.82, 2.24) is 9.97 Å². The molecule has 0 aromatic carbocycles. The smallest absolute Gasteiger partial charge is 0.144 e. The number of nitrogens with zero attached hydrogens (tertiary/aromatic N) is 2. The summed E-state index contributed by atoms with van der Waals surface area (Å²) in [4.78, 5) is 8.07. The van der Waals surface area contributed by atoms with Gasteiger partial charge in [0.2, 0.25) is 0 Å². The van der Waals surface area contributed by atoms with Gasteiger partial charge in [0.25, 0.3) is 0 Å². The third kappa shape index (κ3) is 2.84. The molecule has 0 spiro atoms. The lowest BCUT2D eigenvalue weighted by atomic mass is 10.0. The van der Waals surface area contributed by atoms with Gasteiger partial charge in [-0.05, 0) is 20.8 Å². The lowest BCUT2D eigenvalue weighted by Gasteiger charge is -2.29. The highest BCUT2D eigenvalue weighted by Gasteiger charge is 2.23. The Balaban J connectivity index is 2.69. The molecule has 1 unspecified atom stereocenters. The maximum absolute atomic E-state index is 6.01. The standard InChI is InChI=1S/C9H14ClN3/c1-7(10)9(2,3)13-8-6-11-4-5-12-8/h4-7H,1-3H3,(H,12,13). The van der Waals surface area contributed by atoms with E-state index >= 15 is 0 Å². The molecule has 3 nitrogen and oxygen atoms in total. The number of hydrogen-bond donors (Lipinski definition) is 1. The van der Waals surface area contributed by atoms with E-state index in [0.717, 1.165) is 5.82 Å². The number of halogens is 1. The van der Waals surface area contributed by atoms with E-state index in [1.807, 2.05) is 20.8 Å². The predicted molar refractivity (Wildman–Crippen MR) is 55.0 cm³/mol. The van der Waals surface area contributed by atoms with Gasteiger partial charge in [-0.3, -0.25) is 4.98 Å². The normalized spacial score (nSPS) is 13.8. The van der Waals surface area contributed by atoms with E-state index in [9.17, 15) is 0 Å². The molecule has 13 heavy (non-hydrogen) atoms. The topological polar surface area (TPSA) is 37.8 Å². The zero-order valence-electron chi connectivity index (χ0n) is 8.08. The van der Waals surface area contributed by atoms with Gasteiger partial charge in [-0.15, -0.1) is 11.6 Å². The summed E-state index contributed by atoms with van der Waals surface area (Å²) in [5.74, 6) is 0.750. The Bertz CT molecular complexity index is 259. The molecular weight excluding hydrogens is 186 g/mol. The van der Waals surface area contributed by atoms with E-state index in [-0.39, 0.29) is 10.9 Å². The molecule has 72 valence electrons. The Morgan fingerprint density at radius 2 is 2.15 bits per heavy atom. The Labute approximate surface area is 83.5 Å². The second kappa shape index (κ2) is 3.92.